The lowest BCUT2D eigenvalue weighted by Gasteiger charge is -2.28. The van der Waals surface area contributed by atoms with Crippen LogP contribution >= 0.6 is 0 Å². The predicted molar refractivity (Wildman–Crippen MR) is 69.4 cm³/mol. The Labute approximate surface area is 107 Å². The fourth-order valence-corrected chi connectivity index (χ4v) is 2.58. The Morgan fingerprint density at radius 2 is 2.28 bits per heavy atom. The molecule has 4 nitrogen and oxygen atoms in total. The number of nitrogens with one attached hydrogen (secondary N) is 1. The van der Waals surface area contributed by atoms with Gasteiger partial charge in [-0.15, -0.1) is 0 Å². The molecule has 1 amide bonds. The van der Waals surface area contributed by atoms with Gasteiger partial charge in [0, 0.05) is 12.7 Å². The van der Waals surface area contributed by atoms with Gasteiger partial charge in [0.1, 0.15) is 5.75 Å². The molecule has 0 bridgehead atoms. The van der Waals surface area contributed by atoms with Crippen molar-refractivity contribution in [3.8, 4) is 5.75 Å². The molecule has 0 radical (unpaired) electrons. The van der Waals surface area contributed by atoms with E-state index in [-0.39, 0.29) is 17.4 Å². The number of hydrogen-bond acceptors (Lipinski definition) is 3. The summed E-state index contributed by atoms with van der Waals surface area (Å²) >= 11 is 0. The molecule has 2 atom stereocenters. The Hall–Kier alpha value is -1.58. The molecule has 2 N–H and O–H groups in total. The number of carbonyl (C=O) groups excluding carboxylic acids is 1. The Morgan fingerprint density at radius 1 is 1.50 bits per heavy atom. The van der Waals surface area contributed by atoms with Crippen LogP contribution in [0.5, 0.6) is 5.75 Å². The number of hydrogen-bond donors (Lipinski definition) is 2. The van der Waals surface area contributed by atoms with Crippen molar-refractivity contribution in [3.05, 3.63) is 24.0 Å². The summed E-state index contributed by atoms with van der Waals surface area (Å²) in [5.74, 6) is 0.863. The van der Waals surface area contributed by atoms with Crippen molar-refractivity contribution in [1.29, 1.82) is 0 Å². The first-order valence-electron chi connectivity index (χ1n) is 6.60. The standard InChI is InChI=1S/C14H20N2O2/c1-10-5-2-3-6-11(10)9-16-14(18)13-12(17)7-4-8-15-13/h4,7-8,10-11,17H,2-3,5-6,9H2,1H3,(H,16,18). The van der Waals surface area contributed by atoms with Gasteiger partial charge in [-0.1, -0.05) is 26.2 Å². The Balaban J connectivity index is 1.90. The van der Waals surface area contributed by atoms with Crippen LogP contribution < -0.4 is 5.32 Å². The third kappa shape index (κ3) is 3.00. The topological polar surface area (TPSA) is 62.2 Å². The molecule has 98 valence electrons. The minimum Gasteiger partial charge on any atom is -0.505 e. The van der Waals surface area contributed by atoms with E-state index in [1.54, 1.807) is 6.07 Å². The van der Waals surface area contributed by atoms with E-state index in [1.807, 2.05) is 0 Å². The second-order valence-corrected chi connectivity index (χ2v) is 5.10. The van der Waals surface area contributed by atoms with Crippen LogP contribution in [0.1, 0.15) is 43.1 Å². The van der Waals surface area contributed by atoms with Gasteiger partial charge >= 0.3 is 0 Å². The van der Waals surface area contributed by atoms with Crippen LogP contribution in [-0.4, -0.2) is 22.5 Å². The van der Waals surface area contributed by atoms with E-state index >= 15 is 0 Å². The molecule has 0 spiro atoms. The number of carbonyl (C=O) groups is 1. The summed E-state index contributed by atoms with van der Waals surface area (Å²) in [6, 6.07) is 3.08. The van der Waals surface area contributed by atoms with E-state index < -0.39 is 0 Å². The van der Waals surface area contributed by atoms with Crippen molar-refractivity contribution >= 4 is 5.91 Å². The fourth-order valence-electron chi connectivity index (χ4n) is 2.58. The molecule has 1 saturated carbocycles. The second kappa shape index (κ2) is 5.85. The number of nitrogens with zero attached hydrogens (tertiary/aromatic N) is 1. The normalized spacial score (nSPS) is 23.6. The zero-order valence-corrected chi connectivity index (χ0v) is 10.7. The van der Waals surface area contributed by atoms with Crippen LogP contribution in [0.4, 0.5) is 0 Å². The van der Waals surface area contributed by atoms with E-state index in [9.17, 15) is 9.90 Å². The molecule has 0 aliphatic heterocycles. The second-order valence-electron chi connectivity index (χ2n) is 5.10. The molecule has 1 aromatic heterocycles. The lowest BCUT2D eigenvalue weighted by Crippen LogP contribution is -2.33. The highest BCUT2D eigenvalue weighted by Gasteiger charge is 2.22. The quantitative estimate of drug-likeness (QED) is 0.863. The minimum absolute atomic E-state index is 0.0632. The summed E-state index contributed by atoms with van der Waals surface area (Å²) in [5, 5.41) is 12.4. The SMILES string of the molecule is CC1CCCCC1CNC(=O)c1ncccc1O. The average molecular weight is 248 g/mol. The van der Waals surface area contributed by atoms with Crippen LogP contribution in [-0.2, 0) is 0 Å². The number of amides is 1. The van der Waals surface area contributed by atoms with E-state index in [2.05, 4.69) is 17.2 Å². The van der Waals surface area contributed by atoms with Crippen LogP contribution in [0.2, 0.25) is 0 Å². The first-order chi connectivity index (χ1) is 8.68. The van der Waals surface area contributed by atoms with E-state index in [4.69, 9.17) is 0 Å². The molecule has 1 aromatic rings. The lowest BCUT2D eigenvalue weighted by molar-refractivity contribution is 0.0928. The largest absolute Gasteiger partial charge is 0.505 e. The van der Waals surface area contributed by atoms with E-state index in [0.29, 0.717) is 18.4 Å². The summed E-state index contributed by atoms with van der Waals surface area (Å²) < 4.78 is 0. The van der Waals surface area contributed by atoms with Gasteiger partial charge in [-0.05, 0) is 30.4 Å². The number of aromatic nitrogens is 1. The molecule has 1 aliphatic rings. The minimum atomic E-state index is -0.286. The van der Waals surface area contributed by atoms with Gasteiger partial charge in [0.25, 0.3) is 5.91 Å². The van der Waals surface area contributed by atoms with Gasteiger partial charge in [0.15, 0.2) is 5.69 Å². The molecule has 0 saturated heterocycles. The van der Waals surface area contributed by atoms with Gasteiger partial charge in [-0.2, -0.15) is 0 Å². The first-order valence-corrected chi connectivity index (χ1v) is 6.60. The maximum atomic E-state index is 11.9. The van der Waals surface area contributed by atoms with Gasteiger partial charge < -0.3 is 10.4 Å². The van der Waals surface area contributed by atoms with Crippen LogP contribution in [0.3, 0.4) is 0 Å². The predicted octanol–water partition coefficient (Wildman–Crippen LogP) is 2.34. The van der Waals surface area contributed by atoms with Crippen molar-refractivity contribution in [2.24, 2.45) is 11.8 Å². The molecular formula is C14H20N2O2. The molecular weight excluding hydrogens is 228 g/mol. The summed E-state index contributed by atoms with van der Waals surface area (Å²) in [5.41, 5.74) is 0.112. The van der Waals surface area contributed by atoms with E-state index in [0.717, 1.165) is 0 Å². The van der Waals surface area contributed by atoms with Crippen molar-refractivity contribution in [2.45, 2.75) is 32.6 Å². The highest BCUT2D eigenvalue weighted by atomic mass is 16.3. The molecule has 18 heavy (non-hydrogen) atoms. The zero-order chi connectivity index (χ0) is 13.0. The third-order valence-electron chi connectivity index (χ3n) is 3.82. The summed E-state index contributed by atoms with van der Waals surface area (Å²) in [7, 11) is 0. The van der Waals surface area contributed by atoms with Gasteiger partial charge in [-0.3, -0.25) is 4.79 Å². The highest BCUT2D eigenvalue weighted by molar-refractivity contribution is 5.94. The smallest absolute Gasteiger partial charge is 0.273 e. The van der Waals surface area contributed by atoms with Gasteiger partial charge in [-0.25, -0.2) is 4.98 Å². The van der Waals surface area contributed by atoms with Crippen molar-refractivity contribution < 1.29 is 9.90 Å². The van der Waals surface area contributed by atoms with Crippen molar-refractivity contribution in [1.82, 2.24) is 10.3 Å². The monoisotopic (exact) mass is 248 g/mol. The first kappa shape index (κ1) is 12.9. The molecule has 1 aliphatic carbocycles. The average Bonchev–Trinajstić information content (AvgIpc) is 2.38. The molecule has 2 rings (SSSR count). The van der Waals surface area contributed by atoms with Gasteiger partial charge in [0.05, 0.1) is 0 Å². The zero-order valence-electron chi connectivity index (χ0n) is 10.7. The van der Waals surface area contributed by atoms with Crippen LogP contribution in [0.25, 0.3) is 0 Å². The molecule has 1 fully saturated rings. The Kier molecular flexibility index (Phi) is 4.18. The van der Waals surface area contributed by atoms with Crippen LogP contribution in [0, 0.1) is 11.8 Å². The maximum Gasteiger partial charge on any atom is 0.273 e. The molecule has 0 aromatic carbocycles. The highest BCUT2D eigenvalue weighted by Crippen LogP contribution is 2.28. The fraction of sp³-hybridized carbons (Fsp3) is 0.571. The summed E-state index contributed by atoms with van der Waals surface area (Å²) in [6.07, 6.45) is 6.48. The van der Waals surface area contributed by atoms with Crippen molar-refractivity contribution in [2.75, 3.05) is 6.54 Å². The Morgan fingerprint density at radius 3 is 3.00 bits per heavy atom. The van der Waals surface area contributed by atoms with E-state index in [1.165, 1.54) is 37.9 Å². The van der Waals surface area contributed by atoms with Crippen molar-refractivity contribution in [3.63, 3.8) is 0 Å². The van der Waals surface area contributed by atoms with Crippen LogP contribution in [0.15, 0.2) is 18.3 Å². The molecule has 2 unspecified atom stereocenters. The molecule has 1 heterocycles. The number of rotatable bonds is 3. The number of aromatic hydroxyl groups is 1. The maximum absolute atomic E-state index is 11.9. The van der Waals surface area contributed by atoms with Gasteiger partial charge in [0.2, 0.25) is 0 Å². The summed E-state index contributed by atoms with van der Waals surface area (Å²) in [4.78, 5) is 15.8. The number of pyridine rings is 1. The third-order valence-corrected chi connectivity index (χ3v) is 3.82. The Bertz CT molecular complexity index is 420. The molecule has 4 heteroatoms. The lowest BCUT2D eigenvalue weighted by atomic mass is 9.80. The summed E-state index contributed by atoms with van der Waals surface area (Å²) in [6.45, 7) is 2.92.